The monoisotopic (exact) mass is 502 g/mol. The third-order valence-corrected chi connectivity index (χ3v) is 9.22. The third kappa shape index (κ3) is 5.31. The predicted octanol–water partition coefficient (Wildman–Crippen LogP) is 4.59. The van der Waals surface area contributed by atoms with Crippen molar-refractivity contribution in [1.29, 1.82) is 0 Å². The van der Waals surface area contributed by atoms with Crippen LogP contribution in [-0.2, 0) is 16.3 Å². The topological polar surface area (TPSA) is 78.0 Å². The molecule has 0 aliphatic carbocycles. The Morgan fingerprint density at radius 2 is 1.74 bits per heavy atom. The zero-order valence-corrected chi connectivity index (χ0v) is 21.3. The number of piperidine rings is 1. The quantitative estimate of drug-likeness (QED) is 0.423. The van der Waals surface area contributed by atoms with Gasteiger partial charge in [0.1, 0.15) is 22.1 Å². The lowest BCUT2D eigenvalue weighted by atomic mass is 10.1. The van der Waals surface area contributed by atoms with Crippen LogP contribution in [0.4, 0.5) is 5.13 Å². The van der Waals surface area contributed by atoms with Crippen LogP contribution in [0.15, 0.2) is 52.7 Å². The number of methoxy groups -OCH3 is 2. The first-order valence-corrected chi connectivity index (χ1v) is 13.7. The van der Waals surface area contributed by atoms with Crippen molar-refractivity contribution in [3.8, 4) is 17.2 Å². The number of nitrogens with zero attached hydrogens (tertiary/aromatic N) is 2. The zero-order valence-electron chi connectivity index (χ0n) is 19.7. The summed E-state index contributed by atoms with van der Waals surface area (Å²) in [5.74, 6) is 1.72. The second-order valence-electron chi connectivity index (χ2n) is 8.12. The first-order valence-electron chi connectivity index (χ1n) is 11.3. The van der Waals surface area contributed by atoms with Crippen LogP contribution in [0.5, 0.6) is 17.2 Å². The molecule has 0 saturated carbocycles. The number of ether oxygens (including phenoxy) is 3. The average molecular weight is 503 g/mol. The van der Waals surface area contributed by atoms with Crippen molar-refractivity contribution in [3.05, 3.63) is 59.1 Å². The van der Waals surface area contributed by atoms with Gasteiger partial charge in [0.2, 0.25) is 0 Å². The highest BCUT2D eigenvalue weighted by Crippen LogP contribution is 2.35. The van der Waals surface area contributed by atoms with Crippen molar-refractivity contribution in [2.75, 3.05) is 38.8 Å². The molecule has 4 rings (SSSR count). The SMILES string of the molecule is CCOc1ccc(Cc2csc(N3CCC(S(=O)(=O)c4cc(OC)ccc4OC)CC3)n2)cc1. The molecule has 1 aliphatic rings. The smallest absolute Gasteiger partial charge is 0.185 e. The van der Waals surface area contributed by atoms with Crippen LogP contribution in [0.3, 0.4) is 0 Å². The van der Waals surface area contributed by atoms with Gasteiger partial charge < -0.3 is 19.1 Å². The molecule has 1 aliphatic heterocycles. The molecule has 2 aromatic carbocycles. The summed E-state index contributed by atoms with van der Waals surface area (Å²) in [6, 6.07) is 13.0. The Morgan fingerprint density at radius 1 is 1.03 bits per heavy atom. The molecule has 0 amide bonds. The maximum Gasteiger partial charge on any atom is 0.185 e. The molecule has 0 atom stereocenters. The van der Waals surface area contributed by atoms with E-state index in [1.54, 1.807) is 29.5 Å². The van der Waals surface area contributed by atoms with E-state index in [2.05, 4.69) is 22.4 Å². The Hall–Kier alpha value is -2.78. The molecule has 0 bridgehead atoms. The van der Waals surface area contributed by atoms with E-state index in [-0.39, 0.29) is 4.90 Å². The molecule has 2 heterocycles. The number of hydrogen-bond acceptors (Lipinski definition) is 8. The van der Waals surface area contributed by atoms with Crippen LogP contribution < -0.4 is 19.1 Å². The van der Waals surface area contributed by atoms with Gasteiger partial charge in [-0.05, 0) is 49.6 Å². The lowest BCUT2D eigenvalue weighted by Gasteiger charge is -2.31. The molecular weight excluding hydrogens is 472 g/mol. The van der Waals surface area contributed by atoms with E-state index >= 15 is 0 Å². The predicted molar refractivity (Wildman–Crippen MR) is 134 cm³/mol. The number of aromatic nitrogens is 1. The third-order valence-electron chi connectivity index (χ3n) is 5.99. The van der Waals surface area contributed by atoms with Gasteiger partial charge >= 0.3 is 0 Å². The fourth-order valence-corrected chi connectivity index (χ4v) is 6.93. The molecule has 0 unspecified atom stereocenters. The van der Waals surface area contributed by atoms with Gasteiger partial charge in [-0.3, -0.25) is 0 Å². The van der Waals surface area contributed by atoms with Gasteiger partial charge in [-0.25, -0.2) is 13.4 Å². The maximum absolute atomic E-state index is 13.4. The molecule has 182 valence electrons. The molecule has 1 fully saturated rings. The van der Waals surface area contributed by atoms with Gasteiger partial charge in [0, 0.05) is 31.0 Å². The summed E-state index contributed by atoms with van der Waals surface area (Å²) in [7, 11) is -0.540. The van der Waals surface area contributed by atoms with Crippen LogP contribution in [0.1, 0.15) is 31.0 Å². The maximum atomic E-state index is 13.4. The van der Waals surface area contributed by atoms with Crippen molar-refractivity contribution < 1.29 is 22.6 Å². The molecule has 9 heteroatoms. The fraction of sp³-hybridized carbons (Fsp3) is 0.400. The van der Waals surface area contributed by atoms with E-state index in [9.17, 15) is 8.42 Å². The van der Waals surface area contributed by atoms with Gasteiger partial charge in [-0.1, -0.05) is 12.1 Å². The number of anilines is 1. The second kappa shape index (κ2) is 10.7. The van der Waals surface area contributed by atoms with E-state index < -0.39 is 15.1 Å². The molecule has 1 saturated heterocycles. The highest BCUT2D eigenvalue weighted by atomic mass is 32.2. The number of rotatable bonds is 9. The lowest BCUT2D eigenvalue weighted by molar-refractivity contribution is 0.340. The Kier molecular flexibility index (Phi) is 7.63. The summed E-state index contributed by atoms with van der Waals surface area (Å²) in [4.78, 5) is 7.19. The van der Waals surface area contributed by atoms with Gasteiger partial charge in [0.15, 0.2) is 15.0 Å². The Labute approximate surface area is 205 Å². The highest BCUT2D eigenvalue weighted by Gasteiger charge is 2.34. The van der Waals surface area contributed by atoms with E-state index in [1.165, 1.54) is 19.8 Å². The van der Waals surface area contributed by atoms with Crippen LogP contribution in [0.2, 0.25) is 0 Å². The van der Waals surface area contributed by atoms with Crippen molar-refractivity contribution in [1.82, 2.24) is 4.98 Å². The summed E-state index contributed by atoms with van der Waals surface area (Å²) in [6.45, 7) is 3.91. The normalized spacial score (nSPS) is 14.7. The summed E-state index contributed by atoms with van der Waals surface area (Å²) >= 11 is 1.61. The van der Waals surface area contributed by atoms with Gasteiger partial charge in [0.05, 0.1) is 31.8 Å². The molecular formula is C25H30N2O5S2. The summed E-state index contributed by atoms with van der Waals surface area (Å²) in [5.41, 5.74) is 2.19. The fourth-order valence-electron chi connectivity index (χ4n) is 4.15. The molecule has 1 aromatic heterocycles. The summed E-state index contributed by atoms with van der Waals surface area (Å²) < 4.78 is 42.8. The van der Waals surface area contributed by atoms with Gasteiger partial charge in [0.25, 0.3) is 0 Å². The number of benzene rings is 2. The number of thiazole rings is 1. The van der Waals surface area contributed by atoms with E-state index in [4.69, 9.17) is 19.2 Å². The van der Waals surface area contributed by atoms with Crippen molar-refractivity contribution >= 4 is 26.3 Å². The van der Waals surface area contributed by atoms with Crippen molar-refractivity contribution in [3.63, 3.8) is 0 Å². The van der Waals surface area contributed by atoms with Gasteiger partial charge in [-0.15, -0.1) is 11.3 Å². The first kappa shape index (κ1) is 24.3. The standard InChI is InChI=1S/C25H30N2O5S2/c1-4-32-20-7-5-18(6-8-20)15-19-17-33-25(26-19)27-13-11-22(12-14-27)34(28,29)24-16-21(30-2)9-10-23(24)31-3/h5-10,16-17,22H,4,11-15H2,1-3H3. The minimum absolute atomic E-state index is 0.194. The molecule has 0 radical (unpaired) electrons. The van der Waals surface area contributed by atoms with Crippen LogP contribution in [0.25, 0.3) is 0 Å². The minimum Gasteiger partial charge on any atom is -0.497 e. The molecule has 0 N–H and O–H groups in total. The van der Waals surface area contributed by atoms with Crippen LogP contribution in [0, 0.1) is 0 Å². The second-order valence-corrected chi connectivity index (χ2v) is 11.2. The minimum atomic E-state index is -3.55. The Morgan fingerprint density at radius 3 is 2.38 bits per heavy atom. The summed E-state index contributed by atoms with van der Waals surface area (Å²) in [5, 5.41) is 2.55. The van der Waals surface area contributed by atoms with E-state index in [0.717, 1.165) is 23.0 Å². The number of hydrogen-bond donors (Lipinski definition) is 0. The average Bonchev–Trinajstić information content (AvgIpc) is 3.33. The Balaban J connectivity index is 1.40. The van der Waals surface area contributed by atoms with E-state index in [1.807, 2.05) is 19.1 Å². The van der Waals surface area contributed by atoms with Crippen LogP contribution in [-0.4, -0.2) is 52.6 Å². The van der Waals surface area contributed by atoms with Crippen LogP contribution >= 0.6 is 11.3 Å². The summed E-state index contributed by atoms with van der Waals surface area (Å²) in [6.07, 6.45) is 1.83. The lowest BCUT2D eigenvalue weighted by Crippen LogP contribution is -2.39. The zero-order chi connectivity index (χ0) is 24.1. The highest BCUT2D eigenvalue weighted by molar-refractivity contribution is 7.92. The largest absolute Gasteiger partial charge is 0.497 e. The molecule has 7 nitrogen and oxygen atoms in total. The van der Waals surface area contributed by atoms with E-state index in [0.29, 0.717) is 44.0 Å². The molecule has 3 aromatic rings. The Bertz CT molecular complexity index is 1200. The first-order chi connectivity index (χ1) is 16.4. The van der Waals surface area contributed by atoms with Crippen molar-refractivity contribution in [2.45, 2.75) is 36.3 Å². The van der Waals surface area contributed by atoms with Gasteiger partial charge in [-0.2, -0.15) is 0 Å². The molecule has 0 spiro atoms. The molecule has 34 heavy (non-hydrogen) atoms. The van der Waals surface area contributed by atoms with Crippen molar-refractivity contribution in [2.24, 2.45) is 0 Å². The number of sulfone groups is 1.